The molecule has 0 radical (unpaired) electrons. The molecule has 2 aliphatic rings. The van der Waals surface area contributed by atoms with Crippen LogP contribution in [0.4, 0.5) is 0 Å². The van der Waals surface area contributed by atoms with E-state index in [-0.39, 0.29) is 29.8 Å². The lowest BCUT2D eigenvalue weighted by atomic mass is 10.0. The minimum Gasteiger partial charge on any atom is -0.497 e. The number of likely N-dealkylation sites (tertiary alicyclic amines) is 2. The van der Waals surface area contributed by atoms with Crippen molar-refractivity contribution in [2.45, 2.75) is 58.0 Å². The van der Waals surface area contributed by atoms with Crippen LogP contribution in [-0.2, 0) is 9.59 Å². The number of carbonyl (C=O) groups excluding carboxylic acids is 2. The van der Waals surface area contributed by atoms with Crippen LogP contribution in [0.5, 0.6) is 5.75 Å². The Bertz CT molecular complexity index is 698. The Morgan fingerprint density at radius 3 is 2.62 bits per heavy atom. The number of hydrogen-bond donors (Lipinski definition) is 1. The van der Waals surface area contributed by atoms with Crippen LogP contribution in [0.25, 0.3) is 0 Å². The van der Waals surface area contributed by atoms with E-state index >= 15 is 0 Å². The predicted octanol–water partition coefficient (Wildman–Crippen LogP) is 2.99. The van der Waals surface area contributed by atoms with Gasteiger partial charge in [-0.15, -0.1) is 0 Å². The van der Waals surface area contributed by atoms with E-state index in [2.05, 4.69) is 36.2 Å². The number of ether oxygens (including phenoxy) is 1. The highest BCUT2D eigenvalue weighted by molar-refractivity contribution is 5.89. The largest absolute Gasteiger partial charge is 0.497 e. The van der Waals surface area contributed by atoms with Gasteiger partial charge < -0.3 is 15.0 Å². The first-order valence-corrected chi connectivity index (χ1v) is 11.0. The van der Waals surface area contributed by atoms with Gasteiger partial charge in [-0.2, -0.15) is 0 Å². The second-order valence-corrected chi connectivity index (χ2v) is 8.20. The molecule has 1 aromatic rings. The molecular weight excluding hydrogens is 366 g/mol. The zero-order valence-corrected chi connectivity index (χ0v) is 18.0. The Kier molecular flexibility index (Phi) is 7.53. The summed E-state index contributed by atoms with van der Waals surface area (Å²) in [5.74, 6) is 0.703. The monoisotopic (exact) mass is 401 g/mol. The van der Waals surface area contributed by atoms with Crippen molar-refractivity contribution < 1.29 is 14.3 Å². The molecule has 2 atom stereocenters. The van der Waals surface area contributed by atoms with E-state index in [9.17, 15) is 9.59 Å². The molecule has 160 valence electrons. The fraction of sp³-hybridized carbons (Fsp3) is 0.652. The molecule has 1 aromatic carbocycles. The summed E-state index contributed by atoms with van der Waals surface area (Å²) in [4.78, 5) is 29.6. The number of rotatable bonds is 9. The standard InChI is InChI=1S/C23H35N3O3/c1-4-19(5-2)26-16-18(14-22(26)27)23(28)24-15-21(25-11-6-7-12-25)17-9-8-10-20(13-17)29-3/h8-10,13,18-19,21H,4-7,11-12,14-16H2,1-3H3,(H,24,28). The van der Waals surface area contributed by atoms with Crippen molar-refractivity contribution in [3.8, 4) is 5.75 Å². The topological polar surface area (TPSA) is 61.9 Å². The van der Waals surface area contributed by atoms with Crippen LogP contribution in [0, 0.1) is 5.92 Å². The van der Waals surface area contributed by atoms with E-state index in [1.807, 2.05) is 17.0 Å². The van der Waals surface area contributed by atoms with Crippen molar-refractivity contribution in [3.05, 3.63) is 29.8 Å². The van der Waals surface area contributed by atoms with Gasteiger partial charge in [-0.1, -0.05) is 26.0 Å². The lowest BCUT2D eigenvalue weighted by Gasteiger charge is -2.29. The average Bonchev–Trinajstić information content (AvgIpc) is 3.40. The first-order valence-electron chi connectivity index (χ1n) is 11.0. The number of amides is 2. The van der Waals surface area contributed by atoms with E-state index in [4.69, 9.17) is 4.74 Å². The van der Waals surface area contributed by atoms with E-state index < -0.39 is 0 Å². The van der Waals surface area contributed by atoms with Gasteiger partial charge in [-0.3, -0.25) is 14.5 Å². The molecule has 2 saturated heterocycles. The maximum Gasteiger partial charge on any atom is 0.225 e. The summed E-state index contributed by atoms with van der Waals surface area (Å²) in [6, 6.07) is 8.48. The third-order valence-electron chi connectivity index (χ3n) is 6.44. The van der Waals surface area contributed by atoms with Crippen molar-refractivity contribution in [1.82, 2.24) is 15.1 Å². The number of hydrogen-bond acceptors (Lipinski definition) is 4. The normalized spacial score (nSPS) is 21.0. The molecule has 0 bridgehead atoms. The number of nitrogens with zero attached hydrogens (tertiary/aromatic N) is 2. The Balaban J connectivity index is 1.64. The quantitative estimate of drug-likeness (QED) is 0.691. The van der Waals surface area contributed by atoms with Gasteiger partial charge >= 0.3 is 0 Å². The molecule has 2 fully saturated rings. The Morgan fingerprint density at radius 1 is 1.24 bits per heavy atom. The van der Waals surface area contributed by atoms with Crippen LogP contribution in [0.3, 0.4) is 0 Å². The molecular formula is C23H35N3O3. The van der Waals surface area contributed by atoms with Gasteiger partial charge in [0, 0.05) is 25.6 Å². The molecule has 0 aliphatic carbocycles. The molecule has 0 saturated carbocycles. The van der Waals surface area contributed by atoms with Crippen molar-refractivity contribution in [3.63, 3.8) is 0 Å². The Hall–Kier alpha value is -2.08. The summed E-state index contributed by atoms with van der Waals surface area (Å²) in [5, 5.41) is 3.15. The molecule has 2 aliphatic heterocycles. The molecule has 2 unspecified atom stereocenters. The van der Waals surface area contributed by atoms with E-state index in [1.165, 1.54) is 12.8 Å². The highest BCUT2D eigenvalue weighted by Crippen LogP contribution is 2.28. The van der Waals surface area contributed by atoms with Crippen LogP contribution in [0.2, 0.25) is 0 Å². The van der Waals surface area contributed by atoms with Crippen molar-refractivity contribution in [2.24, 2.45) is 5.92 Å². The molecule has 0 spiro atoms. The minimum atomic E-state index is -0.243. The van der Waals surface area contributed by atoms with Crippen LogP contribution in [0.1, 0.15) is 57.6 Å². The Morgan fingerprint density at radius 2 is 1.97 bits per heavy atom. The maximum atomic E-state index is 12.9. The molecule has 3 rings (SSSR count). The van der Waals surface area contributed by atoms with Crippen LogP contribution in [0.15, 0.2) is 24.3 Å². The summed E-state index contributed by atoms with van der Waals surface area (Å²) in [5.41, 5.74) is 1.16. The highest BCUT2D eigenvalue weighted by atomic mass is 16.5. The number of benzene rings is 1. The van der Waals surface area contributed by atoms with Gasteiger partial charge in [0.05, 0.1) is 19.1 Å². The molecule has 2 heterocycles. The minimum absolute atomic E-state index is 0.00102. The number of methoxy groups -OCH3 is 1. The zero-order valence-electron chi connectivity index (χ0n) is 18.0. The third-order valence-corrected chi connectivity index (χ3v) is 6.44. The van der Waals surface area contributed by atoms with Gasteiger partial charge in [-0.05, 0) is 56.5 Å². The van der Waals surface area contributed by atoms with Gasteiger partial charge in [0.15, 0.2) is 0 Å². The van der Waals surface area contributed by atoms with Crippen molar-refractivity contribution >= 4 is 11.8 Å². The zero-order chi connectivity index (χ0) is 20.8. The smallest absolute Gasteiger partial charge is 0.225 e. The van der Waals surface area contributed by atoms with Crippen LogP contribution >= 0.6 is 0 Å². The summed E-state index contributed by atoms with van der Waals surface area (Å²) >= 11 is 0. The first-order chi connectivity index (χ1) is 14.1. The lowest BCUT2D eigenvalue weighted by molar-refractivity contribution is -0.130. The van der Waals surface area contributed by atoms with E-state index in [0.717, 1.165) is 37.2 Å². The first kappa shape index (κ1) is 21.6. The highest BCUT2D eigenvalue weighted by Gasteiger charge is 2.37. The third kappa shape index (κ3) is 5.10. The van der Waals surface area contributed by atoms with Crippen molar-refractivity contribution in [1.29, 1.82) is 0 Å². The van der Waals surface area contributed by atoms with Crippen LogP contribution in [-0.4, -0.2) is 60.9 Å². The average molecular weight is 402 g/mol. The molecule has 6 heteroatoms. The molecule has 0 aromatic heterocycles. The molecule has 29 heavy (non-hydrogen) atoms. The SMILES string of the molecule is CCC(CC)N1CC(C(=O)NCC(c2cccc(OC)c2)N2CCCC2)CC1=O. The summed E-state index contributed by atoms with van der Waals surface area (Å²) in [7, 11) is 1.68. The van der Waals surface area contributed by atoms with Gasteiger partial charge in [0.2, 0.25) is 11.8 Å². The number of carbonyl (C=O) groups is 2. The predicted molar refractivity (Wildman–Crippen MR) is 114 cm³/mol. The molecule has 1 N–H and O–H groups in total. The summed E-state index contributed by atoms with van der Waals surface area (Å²) in [6.07, 6.45) is 4.58. The Labute approximate surface area is 174 Å². The molecule has 2 amide bonds. The lowest BCUT2D eigenvalue weighted by Crippen LogP contribution is -2.41. The fourth-order valence-corrected chi connectivity index (χ4v) is 4.69. The van der Waals surface area contributed by atoms with E-state index in [1.54, 1.807) is 7.11 Å². The van der Waals surface area contributed by atoms with Gasteiger partial charge in [-0.25, -0.2) is 0 Å². The van der Waals surface area contributed by atoms with E-state index in [0.29, 0.717) is 19.5 Å². The summed E-state index contributed by atoms with van der Waals surface area (Å²) < 4.78 is 5.39. The fourth-order valence-electron chi connectivity index (χ4n) is 4.69. The maximum absolute atomic E-state index is 12.9. The number of nitrogens with one attached hydrogen (secondary N) is 1. The molecule has 6 nitrogen and oxygen atoms in total. The summed E-state index contributed by atoms with van der Waals surface area (Å²) in [6.45, 7) is 7.39. The van der Waals surface area contributed by atoms with Gasteiger partial charge in [0.1, 0.15) is 5.75 Å². The van der Waals surface area contributed by atoms with Crippen molar-refractivity contribution in [2.75, 3.05) is 33.3 Å². The van der Waals surface area contributed by atoms with Crippen LogP contribution < -0.4 is 10.1 Å². The second kappa shape index (κ2) is 10.1. The second-order valence-electron chi connectivity index (χ2n) is 8.20. The van der Waals surface area contributed by atoms with Gasteiger partial charge in [0.25, 0.3) is 0 Å².